The van der Waals surface area contributed by atoms with Gasteiger partial charge in [0.05, 0.1) is 38.0 Å². The van der Waals surface area contributed by atoms with E-state index < -0.39 is 0 Å². The molecular formula is C33H22Cl4N6O2S2. The summed E-state index contributed by atoms with van der Waals surface area (Å²) in [4.78, 5) is 26.0. The fourth-order valence-corrected chi connectivity index (χ4v) is 6.92. The number of ketones is 2. The highest BCUT2D eigenvalue weighted by atomic mass is 35.5. The molecule has 0 fully saturated rings. The maximum Gasteiger partial charge on any atom is 0.196 e. The first-order chi connectivity index (χ1) is 22.8. The lowest BCUT2D eigenvalue weighted by Crippen LogP contribution is -2.10. The number of carbonyl (C=O) groups excluding carboxylic acids is 2. The van der Waals surface area contributed by atoms with E-state index in [4.69, 9.17) is 46.4 Å². The lowest BCUT2D eigenvalue weighted by molar-refractivity contribution is 0.101. The lowest BCUT2D eigenvalue weighted by atomic mass is 10.1. The van der Waals surface area contributed by atoms with Gasteiger partial charge in [0.15, 0.2) is 21.9 Å². The predicted molar refractivity (Wildman–Crippen MR) is 189 cm³/mol. The highest BCUT2D eigenvalue weighted by Gasteiger charge is 2.22. The first-order valence-corrected chi connectivity index (χ1v) is 17.5. The minimum absolute atomic E-state index is 0.108. The Kier molecular flexibility index (Phi) is 10.7. The van der Waals surface area contributed by atoms with Crippen LogP contribution < -0.4 is 0 Å². The molecule has 6 rings (SSSR count). The fourth-order valence-electron chi connectivity index (χ4n) is 4.60. The average Bonchev–Trinajstić information content (AvgIpc) is 3.69. The van der Waals surface area contributed by atoms with Gasteiger partial charge in [0.25, 0.3) is 0 Å². The Morgan fingerprint density at radius 3 is 1.32 bits per heavy atom. The quantitative estimate of drug-likeness (QED) is 0.0907. The molecule has 2 aromatic heterocycles. The SMILES string of the molecule is O=C(CSc1nnc(Cc2nnc(SCC(=O)c3ccc(Cl)c(Cl)c3)n2-c2ccccc2)n1-c1ccccc1)c1ccc(Cl)c(Cl)c1. The standard InChI is InChI=1S/C33H22Cl4N6O2S2/c34-24-13-11-20(15-26(24)36)28(44)18-46-32-40-38-30(42(32)22-7-3-1-4-8-22)17-31-39-41-33(43(31)23-9-5-2-6-10-23)47-19-29(45)21-12-14-25(35)27(37)16-21/h1-16H,17-19H2. The van der Waals surface area contributed by atoms with E-state index in [9.17, 15) is 9.59 Å². The van der Waals surface area contributed by atoms with E-state index in [1.165, 1.54) is 23.5 Å². The molecule has 4 aromatic carbocycles. The van der Waals surface area contributed by atoms with Crippen LogP contribution in [0.3, 0.4) is 0 Å². The van der Waals surface area contributed by atoms with E-state index in [0.29, 0.717) is 53.2 Å². The molecule has 0 saturated heterocycles. The number of rotatable bonds is 12. The Morgan fingerprint density at radius 1 is 0.532 bits per heavy atom. The minimum atomic E-state index is -0.126. The topological polar surface area (TPSA) is 95.6 Å². The van der Waals surface area contributed by atoms with Crippen LogP contribution in [-0.2, 0) is 6.42 Å². The zero-order valence-electron chi connectivity index (χ0n) is 24.2. The van der Waals surface area contributed by atoms with E-state index in [0.717, 1.165) is 11.4 Å². The number of aromatic nitrogens is 6. The predicted octanol–water partition coefficient (Wildman–Crippen LogP) is 9.00. The molecule has 2 heterocycles. The normalized spacial score (nSPS) is 11.1. The van der Waals surface area contributed by atoms with Crippen molar-refractivity contribution in [3.8, 4) is 11.4 Å². The number of thioether (sulfide) groups is 2. The first-order valence-electron chi connectivity index (χ1n) is 14.0. The molecule has 0 saturated carbocycles. The highest BCUT2D eigenvalue weighted by Crippen LogP contribution is 2.29. The Hall–Kier alpha value is -3.64. The van der Waals surface area contributed by atoms with Crippen molar-refractivity contribution in [2.45, 2.75) is 16.7 Å². The number of benzene rings is 4. The molecule has 6 aromatic rings. The third-order valence-electron chi connectivity index (χ3n) is 6.89. The summed E-state index contributed by atoms with van der Waals surface area (Å²) in [5.74, 6) is 1.15. The smallest absolute Gasteiger partial charge is 0.196 e. The summed E-state index contributed by atoms with van der Waals surface area (Å²) in [6.07, 6.45) is 0.256. The van der Waals surface area contributed by atoms with Gasteiger partial charge in [-0.25, -0.2) is 0 Å². The van der Waals surface area contributed by atoms with Gasteiger partial charge >= 0.3 is 0 Å². The van der Waals surface area contributed by atoms with Crippen molar-refractivity contribution in [3.05, 3.63) is 140 Å². The molecule has 0 aliphatic rings. The zero-order chi connectivity index (χ0) is 32.9. The first kappa shape index (κ1) is 33.3. The third-order valence-corrected chi connectivity index (χ3v) is 10.2. The van der Waals surface area contributed by atoms with Crippen molar-refractivity contribution < 1.29 is 9.59 Å². The molecule has 0 atom stereocenters. The summed E-state index contributed by atoms with van der Waals surface area (Å²) < 4.78 is 3.80. The summed E-state index contributed by atoms with van der Waals surface area (Å²) in [7, 11) is 0. The van der Waals surface area contributed by atoms with E-state index in [1.54, 1.807) is 36.4 Å². The van der Waals surface area contributed by atoms with Crippen molar-refractivity contribution >= 4 is 81.5 Å². The number of Topliss-reactive ketones (excluding diaryl/α,β-unsaturated/α-hetero) is 2. The van der Waals surface area contributed by atoms with Gasteiger partial charge in [0.2, 0.25) is 0 Å². The van der Waals surface area contributed by atoms with Crippen LogP contribution in [0.25, 0.3) is 11.4 Å². The Bertz CT molecular complexity index is 1930. The molecule has 0 radical (unpaired) electrons. The molecule has 0 aliphatic heterocycles. The van der Waals surface area contributed by atoms with Gasteiger partial charge < -0.3 is 0 Å². The molecular weight excluding hydrogens is 718 g/mol. The third kappa shape index (κ3) is 7.75. The maximum absolute atomic E-state index is 13.0. The highest BCUT2D eigenvalue weighted by molar-refractivity contribution is 8.00. The van der Waals surface area contributed by atoms with Crippen LogP contribution in [0, 0.1) is 0 Å². The molecule has 47 heavy (non-hydrogen) atoms. The van der Waals surface area contributed by atoms with Crippen LogP contribution in [0.15, 0.2) is 107 Å². The van der Waals surface area contributed by atoms with E-state index in [2.05, 4.69) is 20.4 Å². The van der Waals surface area contributed by atoms with Crippen molar-refractivity contribution in [1.82, 2.24) is 29.5 Å². The van der Waals surface area contributed by atoms with Gasteiger partial charge in [0.1, 0.15) is 11.6 Å². The molecule has 0 bridgehead atoms. The second kappa shape index (κ2) is 15.1. The average molecular weight is 741 g/mol. The molecule has 0 unspecified atom stereocenters. The van der Waals surface area contributed by atoms with Crippen LogP contribution in [-0.4, -0.2) is 52.6 Å². The second-order valence-electron chi connectivity index (χ2n) is 10.00. The molecule has 0 aliphatic carbocycles. The second-order valence-corrected chi connectivity index (χ2v) is 13.5. The van der Waals surface area contributed by atoms with Crippen molar-refractivity contribution in [2.75, 3.05) is 11.5 Å². The zero-order valence-corrected chi connectivity index (χ0v) is 28.8. The fraction of sp³-hybridized carbons (Fsp3) is 0.0909. The van der Waals surface area contributed by atoms with Crippen molar-refractivity contribution in [1.29, 1.82) is 0 Å². The number of hydrogen-bond acceptors (Lipinski definition) is 8. The van der Waals surface area contributed by atoms with Crippen molar-refractivity contribution in [3.63, 3.8) is 0 Å². The number of carbonyl (C=O) groups is 2. The van der Waals surface area contributed by atoms with Crippen molar-refractivity contribution in [2.24, 2.45) is 0 Å². The molecule has 236 valence electrons. The molecule has 8 nitrogen and oxygen atoms in total. The van der Waals surface area contributed by atoms with Gasteiger partial charge in [-0.3, -0.25) is 18.7 Å². The van der Waals surface area contributed by atoms with Gasteiger partial charge in [0, 0.05) is 22.5 Å². The largest absolute Gasteiger partial charge is 0.293 e. The maximum atomic E-state index is 13.0. The number of nitrogens with zero attached hydrogens (tertiary/aromatic N) is 6. The summed E-state index contributed by atoms with van der Waals surface area (Å²) in [6, 6.07) is 28.9. The monoisotopic (exact) mass is 738 g/mol. The number of para-hydroxylation sites is 2. The number of hydrogen-bond donors (Lipinski definition) is 0. The molecule has 0 amide bonds. The molecule has 14 heteroatoms. The van der Waals surface area contributed by atoms with E-state index in [-0.39, 0.29) is 29.5 Å². The molecule has 0 N–H and O–H groups in total. The van der Waals surface area contributed by atoms with Crippen LogP contribution in [0.2, 0.25) is 20.1 Å². The van der Waals surface area contributed by atoms with Crippen LogP contribution in [0.4, 0.5) is 0 Å². The number of halogens is 4. The van der Waals surface area contributed by atoms with Crippen LogP contribution in [0.1, 0.15) is 32.4 Å². The van der Waals surface area contributed by atoms with Gasteiger partial charge in [-0.15, -0.1) is 20.4 Å². The Labute approximate surface area is 298 Å². The minimum Gasteiger partial charge on any atom is -0.293 e. The van der Waals surface area contributed by atoms with E-state index >= 15 is 0 Å². The molecule has 0 spiro atoms. The Balaban J connectivity index is 1.29. The van der Waals surface area contributed by atoms with E-state index in [1.807, 2.05) is 69.8 Å². The summed E-state index contributed by atoms with van der Waals surface area (Å²) >= 11 is 26.9. The Morgan fingerprint density at radius 2 is 0.936 bits per heavy atom. The summed E-state index contributed by atoms with van der Waals surface area (Å²) in [6.45, 7) is 0. The summed E-state index contributed by atoms with van der Waals surface area (Å²) in [5, 5.41) is 20.4. The van der Waals surface area contributed by atoms with Crippen LogP contribution >= 0.6 is 69.9 Å². The van der Waals surface area contributed by atoms with Gasteiger partial charge in [-0.1, -0.05) is 106 Å². The van der Waals surface area contributed by atoms with Crippen LogP contribution in [0.5, 0.6) is 0 Å². The lowest BCUT2D eigenvalue weighted by Gasteiger charge is -2.12. The van der Waals surface area contributed by atoms with Gasteiger partial charge in [-0.05, 0) is 60.7 Å². The summed E-state index contributed by atoms with van der Waals surface area (Å²) in [5.41, 5.74) is 2.56. The van der Waals surface area contributed by atoms with Gasteiger partial charge in [-0.2, -0.15) is 0 Å².